The van der Waals surface area contributed by atoms with E-state index in [4.69, 9.17) is 4.74 Å². The first-order chi connectivity index (χ1) is 9.70. The lowest BCUT2D eigenvalue weighted by atomic mass is 9.90. The van der Waals surface area contributed by atoms with Crippen molar-refractivity contribution in [2.24, 2.45) is 5.92 Å². The fourth-order valence-corrected chi connectivity index (χ4v) is 2.66. The van der Waals surface area contributed by atoms with Crippen molar-refractivity contribution in [2.45, 2.75) is 39.0 Å². The molecule has 0 unspecified atom stereocenters. The molecule has 1 aromatic rings. The number of rotatable bonds is 4. The summed E-state index contributed by atoms with van der Waals surface area (Å²) in [5, 5.41) is 0. The van der Waals surface area contributed by atoms with E-state index in [0.29, 0.717) is 24.8 Å². The minimum absolute atomic E-state index is 0.305. The molecule has 1 aliphatic carbocycles. The molecule has 1 aliphatic rings. The van der Waals surface area contributed by atoms with Gasteiger partial charge in [0.25, 0.3) is 0 Å². The molecule has 0 bridgehead atoms. The van der Waals surface area contributed by atoms with Gasteiger partial charge in [0.05, 0.1) is 6.61 Å². The Morgan fingerprint density at radius 3 is 2.50 bits per heavy atom. The van der Waals surface area contributed by atoms with E-state index in [-0.39, 0.29) is 11.9 Å². The van der Waals surface area contributed by atoms with Gasteiger partial charge in [-0.25, -0.2) is 9.18 Å². The Balaban J connectivity index is 1.89. The number of benzene rings is 1. The lowest BCUT2D eigenvalue weighted by Gasteiger charge is -2.24. The maximum absolute atomic E-state index is 12.9. The van der Waals surface area contributed by atoms with Crippen molar-refractivity contribution in [3.05, 3.63) is 30.1 Å². The first-order valence-corrected chi connectivity index (χ1v) is 7.40. The molecule has 0 radical (unpaired) electrons. The molecule has 0 aromatic heterocycles. The highest BCUT2D eigenvalue weighted by Gasteiger charge is 2.19. The largest absolute Gasteiger partial charge is 0.449 e. The summed E-state index contributed by atoms with van der Waals surface area (Å²) in [7, 11) is 0. The average Bonchev–Trinajstić information content (AvgIpc) is 2.49. The summed E-state index contributed by atoms with van der Waals surface area (Å²) in [6.07, 6.45) is 5.72. The minimum atomic E-state index is -0.343. The van der Waals surface area contributed by atoms with Crippen LogP contribution in [-0.4, -0.2) is 19.2 Å². The standard InChI is InChI=1S/C16H22FNO2/c1-2-18(15-10-8-14(17)9-11-15)16(19)20-12-13-6-4-3-5-7-13/h8-11,13H,2-7,12H2,1H3. The van der Waals surface area contributed by atoms with Gasteiger partial charge < -0.3 is 4.74 Å². The number of ether oxygens (including phenoxy) is 1. The molecule has 0 heterocycles. The number of carbonyl (C=O) groups excluding carboxylic acids is 1. The van der Waals surface area contributed by atoms with Crippen LogP contribution in [0.4, 0.5) is 14.9 Å². The Morgan fingerprint density at radius 2 is 1.90 bits per heavy atom. The first-order valence-electron chi connectivity index (χ1n) is 7.40. The number of amides is 1. The highest BCUT2D eigenvalue weighted by atomic mass is 19.1. The monoisotopic (exact) mass is 279 g/mol. The molecule has 2 rings (SSSR count). The zero-order valence-corrected chi connectivity index (χ0v) is 12.0. The van der Waals surface area contributed by atoms with Gasteiger partial charge in [-0.1, -0.05) is 19.3 Å². The predicted octanol–water partition coefficient (Wildman–Crippen LogP) is 4.37. The van der Waals surface area contributed by atoms with Gasteiger partial charge in [0.1, 0.15) is 5.82 Å². The van der Waals surface area contributed by atoms with Crippen molar-refractivity contribution in [1.29, 1.82) is 0 Å². The normalized spacial score (nSPS) is 15.9. The second-order valence-electron chi connectivity index (χ2n) is 5.30. The van der Waals surface area contributed by atoms with Crippen LogP contribution in [0.2, 0.25) is 0 Å². The van der Waals surface area contributed by atoms with E-state index in [2.05, 4.69) is 0 Å². The van der Waals surface area contributed by atoms with Gasteiger partial charge in [0.2, 0.25) is 0 Å². The van der Waals surface area contributed by atoms with E-state index in [1.54, 1.807) is 12.1 Å². The smallest absolute Gasteiger partial charge is 0.414 e. The molecule has 0 N–H and O–H groups in total. The summed E-state index contributed by atoms with van der Waals surface area (Å²) >= 11 is 0. The van der Waals surface area contributed by atoms with Crippen molar-refractivity contribution < 1.29 is 13.9 Å². The molecular weight excluding hydrogens is 257 g/mol. The van der Waals surface area contributed by atoms with E-state index in [1.165, 1.54) is 36.3 Å². The van der Waals surface area contributed by atoms with Gasteiger partial charge in [0, 0.05) is 12.2 Å². The number of anilines is 1. The van der Waals surface area contributed by atoms with Crippen LogP contribution >= 0.6 is 0 Å². The van der Waals surface area contributed by atoms with E-state index in [1.807, 2.05) is 6.92 Å². The van der Waals surface area contributed by atoms with Crippen molar-refractivity contribution in [1.82, 2.24) is 0 Å². The minimum Gasteiger partial charge on any atom is -0.449 e. The van der Waals surface area contributed by atoms with Crippen LogP contribution < -0.4 is 4.90 Å². The van der Waals surface area contributed by atoms with Crippen LogP contribution in [0, 0.1) is 11.7 Å². The molecular formula is C16H22FNO2. The summed E-state index contributed by atoms with van der Waals surface area (Å²) in [6, 6.07) is 5.90. The second-order valence-corrected chi connectivity index (χ2v) is 5.30. The zero-order valence-electron chi connectivity index (χ0n) is 12.0. The van der Waals surface area contributed by atoms with E-state index in [9.17, 15) is 9.18 Å². The fourth-order valence-electron chi connectivity index (χ4n) is 2.66. The third kappa shape index (κ3) is 3.95. The number of halogens is 1. The average molecular weight is 279 g/mol. The Morgan fingerprint density at radius 1 is 1.25 bits per heavy atom. The van der Waals surface area contributed by atoms with Crippen LogP contribution in [0.5, 0.6) is 0 Å². The number of carbonyl (C=O) groups is 1. The number of nitrogens with zero attached hydrogens (tertiary/aromatic N) is 1. The first kappa shape index (κ1) is 14.8. The van der Waals surface area contributed by atoms with E-state index in [0.717, 1.165) is 12.8 Å². The molecule has 3 nitrogen and oxygen atoms in total. The second kappa shape index (κ2) is 7.27. The third-order valence-electron chi connectivity index (χ3n) is 3.84. The molecule has 0 spiro atoms. The van der Waals surface area contributed by atoms with Gasteiger partial charge in [-0.3, -0.25) is 4.90 Å². The third-order valence-corrected chi connectivity index (χ3v) is 3.84. The van der Waals surface area contributed by atoms with Gasteiger partial charge in [0.15, 0.2) is 0 Å². The topological polar surface area (TPSA) is 29.5 Å². The molecule has 0 saturated heterocycles. The van der Waals surface area contributed by atoms with Crippen LogP contribution in [0.1, 0.15) is 39.0 Å². The Hall–Kier alpha value is -1.58. The molecule has 110 valence electrons. The molecule has 20 heavy (non-hydrogen) atoms. The summed E-state index contributed by atoms with van der Waals surface area (Å²) in [5.74, 6) is 0.194. The van der Waals surface area contributed by atoms with Crippen LogP contribution in [-0.2, 0) is 4.74 Å². The Labute approximate surface area is 119 Å². The SMILES string of the molecule is CCN(C(=O)OCC1CCCCC1)c1ccc(F)cc1. The van der Waals surface area contributed by atoms with Crippen LogP contribution in [0.15, 0.2) is 24.3 Å². The molecule has 1 saturated carbocycles. The molecule has 0 atom stereocenters. The summed E-state index contributed by atoms with van der Waals surface area (Å²) in [4.78, 5) is 13.6. The lowest BCUT2D eigenvalue weighted by molar-refractivity contribution is 0.122. The number of hydrogen-bond donors (Lipinski definition) is 0. The van der Waals surface area contributed by atoms with Crippen LogP contribution in [0.25, 0.3) is 0 Å². The fraction of sp³-hybridized carbons (Fsp3) is 0.562. The molecule has 4 heteroatoms. The van der Waals surface area contributed by atoms with Crippen molar-refractivity contribution in [2.75, 3.05) is 18.1 Å². The van der Waals surface area contributed by atoms with Crippen LogP contribution in [0.3, 0.4) is 0 Å². The highest BCUT2D eigenvalue weighted by molar-refractivity contribution is 5.87. The molecule has 1 amide bonds. The Kier molecular flexibility index (Phi) is 5.39. The molecule has 1 fully saturated rings. The van der Waals surface area contributed by atoms with Gasteiger partial charge in [-0.2, -0.15) is 0 Å². The van der Waals surface area contributed by atoms with Gasteiger partial charge >= 0.3 is 6.09 Å². The maximum Gasteiger partial charge on any atom is 0.414 e. The predicted molar refractivity (Wildman–Crippen MR) is 77.3 cm³/mol. The zero-order chi connectivity index (χ0) is 14.4. The summed E-state index contributed by atoms with van der Waals surface area (Å²) in [6.45, 7) is 2.89. The van der Waals surface area contributed by atoms with Crippen molar-refractivity contribution in [3.63, 3.8) is 0 Å². The lowest BCUT2D eigenvalue weighted by Crippen LogP contribution is -2.32. The molecule has 0 aliphatic heterocycles. The quantitative estimate of drug-likeness (QED) is 0.819. The van der Waals surface area contributed by atoms with Crippen molar-refractivity contribution in [3.8, 4) is 0 Å². The summed E-state index contributed by atoms with van der Waals surface area (Å²) in [5.41, 5.74) is 0.669. The van der Waals surface area contributed by atoms with E-state index >= 15 is 0 Å². The van der Waals surface area contributed by atoms with Gasteiger partial charge in [-0.05, 0) is 49.9 Å². The highest BCUT2D eigenvalue weighted by Crippen LogP contribution is 2.24. The Bertz CT molecular complexity index is 427. The van der Waals surface area contributed by atoms with Crippen molar-refractivity contribution >= 4 is 11.8 Å². The molecule has 1 aromatic carbocycles. The van der Waals surface area contributed by atoms with E-state index < -0.39 is 0 Å². The summed E-state index contributed by atoms with van der Waals surface area (Å²) < 4.78 is 18.3. The maximum atomic E-state index is 12.9. The number of hydrogen-bond acceptors (Lipinski definition) is 2. The van der Waals surface area contributed by atoms with Gasteiger partial charge in [-0.15, -0.1) is 0 Å².